The number of aliphatic carboxylic acids is 1. The smallest absolute Gasteiger partial charge is 0.351 e. The van der Waals surface area contributed by atoms with Crippen molar-refractivity contribution in [3.63, 3.8) is 0 Å². The molecule has 0 radical (unpaired) electrons. The molecule has 1 aliphatic rings. The summed E-state index contributed by atoms with van der Waals surface area (Å²) in [4.78, 5) is 46.8. The first-order valence-electron chi connectivity index (χ1n) is 13.4. The van der Waals surface area contributed by atoms with Gasteiger partial charge in [-0.25, -0.2) is 18.2 Å². The molecule has 0 aliphatic carbocycles. The highest BCUT2D eigenvalue weighted by atomic mass is 32.3. The van der Waals surface area contributed by atoms with E-state index in [0.29, 0.717) is 23.9 Å². The number of hydrogen-bond acceptors (Lipinski definition) is 15. The van der Waals surface area contributed by atoms with Crippen LogP contribution < -0.4 is 26.1 Å². The Kier molecular flexibility index (Phi) is 10.2. The van der Waals surface area contributed by atoms with Gasteiger partial charge >= 0.3 is 5.97 Å². The number of aryl methyl sites for hydroxylation is 2. The van der Waals surface area contributed by atoms with E-state index < -0.39 is 58.2 Å². The van der Waals surface area contributed by atoms with Crippen LogP contribution in [0.25, 0.3) is 11.3 Å². The highest BCUT2D eigenvalue weighted by Gasteiger charge is 2.57. The Labute approximate surface area is 266 Å². The number of carbonyl (C=O) groups is 3. The number of thiazole rings is 1. The van der Waals surface area contributed by atoms with Gasteiger partial charge in [-0.2, -0.15) is 19.0 Å². The van der Waals surface area contributed by atoms with Crippen molar-refractivity contribution in [2.75, 3.05) is 18.9 Å². The quantitative estimate of drug-likeness (QED) is 0.0356. The number of nitrogen functional groups attached to an aromatic ring is 1. The Balaban J connectivity index is 1.46. The Morgan fingerprint density at radius 2 is 2.09 bits per heavy atom. The number of hydroxylamine groups is 2. The van der Waals surface area contributed by atoms with E-state index in [1.807, 2.05) is 6.20 Å². The number of nitrogens with one attached hydrogen (secondary N) is 1. The number of carbonyl (C=O) groups excluding carboxylic acids is 2. The van der Waals surface area contributed by atoms with Crippen LogP contribution in [0.1, 0.15) is 26.0 Å². The van der Waals surface area contributed by atoms with Gasteiger partial charge in [-0.1, -0.05) is 5.16 Å². The second kappa shape index (κ2) is 13.7. The minimum absolute atomic E-state index is 0.0492. The Morgan fingerprint density at radius 1 is 1.35 bits per heavy atom. The van der Waals surface area contributed by atoms with Crippen molar-refractivity contribution in [2.24, 2.45) is 17.9 Å². The van der Waals surface area contributed by atoms with E-state index in [0.717, 1.165) is 29.0 Å². The third kappa shape index (κ3) is 7.92. The van der Waals surface area contributed by atoms with Gasteiger partial charge in [0.15, 0.2) is 16.6 Å². The highest BCUT2D eigenvalue weighted by molar-refractivity contribution is 7.80. The summed E-state index contributed by atoms with van der Waals surface area (Å²) in [6.45, 7) is 3.37. The number of nitrogens with zero attached hydrogens (tertiary/aromatic N) is 6. The number of aromatic nitrogens is 4. The SMILES string of the molecule is C[n+]1cc(OC[C@H](O/N=C(\C(=O)NC2C(=O)N(OS(=O)(=O)[O-])C2(C)C)c2csc(N)n2)C(=O)O)ccc1-c1cnn(CCCN)c1. The van der Waals surface area contributed by atoms with E-state index in [2.05, 4.69) is 24.8 Å². The van der Waals surface area contributed by atoms with Crippen LogP contribution >= 0.6 is 11.3 Å². The zero-order valence-corrected chi connectivity index (χ0v) is 26.4. The third-order valence-electron chi connectivity index (χ3n) is 6.67. The molecule has 46 heavy (non-hydrogen) atoms. The summed E-state index contributed by atoms with van der Waals surface area (Å²) in [5, 5.41) is 21.8. The lowest BCUT2D eigenvalue weighted by molar-refractivity contribution is -0.660. The van der Waals surface area contributed by atoms with Gasteiger partial charge in [0.1, 0.15) is 25.4 Å². The molecule has 4 rings (SSSR count). The first-order valence-corrected chi connectivity index (χ1v) is 15.7. The molecular weight excluding hydrogens is 650 g/mol. The van der Waals surface area contributed by atoms with Gasteiger partial charge in [0.2, 0.25) is 22.3 Å². The number of hydrogen-bond donors (Lipinski definition) is 4. The first-order chi connectivity index (χ1) is 21.6. The minimum atomic E-state index is -5.27. The highest BCUT2D eigenvalue weighted by Crippen LogP contribution is 2.33. The van der Waals surface area contributed by atoms with E-state index in [1.54, 1.807) is 40.8 Å². The summed E-state index contributed by atoms with van der Waals surface area (Å²) in [5.74, 6) is -3.23. The maximum atomic E-state index is 13.2. The van der Waals surface area contributed by atoms with E-state index in [-0.39, 0.29) is 10.8 Å². The van der Waals surface area contributed by atoms with Gasteiger partial charge < -0.3 is 36.0 Å². The molecule has 3 aromatic heterocycles. The standard InChI is InChI=1S/C25H31N9O10S2/c1-25(2)20(22(36)34(25)44-46(39,40)41)30-21(35)19(16-13-45-24(27)29-16)31-43-18(23(37)38)12-42-15-5-6-17(32(3)11-15)14-9-28-33(10-14)8-4-7-26/h5-6,9-11,13,18,20H,4,7-8,12,26H2,1-3H3,(H4-,27,29,30,35,37,38,39,40,41)/b31-19-/t18-,20?/m0/s1. The van der Waals surface area contributed by atoms with Crippen LogP contribution in [0.15, 0.2) is 41.3 Å². The van der Waals surface area contributed by atoms with Crippen LogP contribution in [-0.2, 0) is 47.5 Å². The number of ether oxygens (including phenoxy) is 1. The summed E-state index contributed by atoms with van der Waals surface area (Å²) in [6.07, 6.45) is 4.31. The van der Waals surface area contributed by atoms with Crippen LogP contribution in [0.4, 0.5) is 5.13 Å². The van der Waals surface area contributed by atoms with E-state index in [4.69, 9.17) is 21.0 Å². The number of anilines is 1. The molecule has 0 bridgehead atoms. The van der Waals surface area contributed by atoms with Crippen molar-refractivity contribution in [3.05, 3.63) is 41.8 Å². The van der Waals surface area contributed by atoms with Crippen molar-refractivity contribution < 1.29 is 50.9 Å². The van der Waals surface area contributed by atoms with Crippen molar-refractivity contribution in [2.45, 2.75) is 44.5 Å². The zero-order chi connectivity index (χ0) is 33.8. The molecule has 1 unspecified atom stereocenters. The molecular formula is C25H31N9O10S2. The predicted octanol–water partition coefficient (Wildman–Crippen LogP) is -1.49. The molecule has 0 saturated carbocycles. The molecule has 6 N–H and O–H groups in total. The summed E-state index contributed by atoms with van der Waals surface area (Å²) in [6, 6.07) is 2.05. The topological polar surface area (TPSA) is 271 Å². The molecule has 1 fully saturated rings. The van der Waals surface area contributed by atoms with Crippen molar-refractivity contribution >= 4 is 50.4 Å². The monoisotopic (exact) mass is 681 g/mol. The molecule has 1 aliphatic heterocycles. The number of nitrogens with two attached hydrogens (primary N) is 2. The van der Waals surface area contributed by atoms with Gasteiger partial charge in [-0.05, 0) is 32.9 Å². The van der Waals surface area contributed by atoms with E-state index in [1.165, 1.54) is 19.2 Å². The molecule has 1 saturated heterocycles. The first kappa shape index (κ1) is 34.2. The van der Waals surface area contributed by atoms with Gasteiger partial charge in [0.25, 0.3) is 17.9 Å². The number of carboxylic acid groups (broad SMARTS) is 1. The van der Waals surface area contributed by atoms with Gasteiger partial charge in [0.05, 0.1) is 17.3 Å². The molecule has 0 aromatic carbocycles. The Bertz CT molecular complexity index is 1760. The lowest BCUT2D eigenvalue weighted by Gasteiger charge is -2.51. The molecule has 3 aromatic rings. The average Bonchev–Trinajstić information content (AvgIpc) is 3.63. The van der Waals surface area contributed by atoms with Crippen LogP contribution in [-0.4, -0.2) is 92.2 Å². The number of β-lactam (4-membered cyclic amide) rings is 1. The maximum absolute atomic E-state index is 13.2. The fourth-order valence-electron chi connectivity index (χ4n) is 4.29. The Hall–Kier alpha value is -4.70. The van der Waals surface area contributed by atoms with Crippen LogP contribution in [0.2, 0.25) is 0 Å². The molecule has 19 nitrogen and oxygen atoms in total. The van der Waals surface area contributed by atoms with Gasteiger partial charge in [0, 0.05) is 24.2 Å². The summed E-state index contributed by atoms with van der Waals surface area (Å²) < 4.78 is 46.3. The second-order valence-electron chi connectivity index (χ2n) is 10.4. The average molecular weight is 682 g/mol. The summed E-state index contributed by atoms with van der Waals surface area (Å²) >= 11 is 0.949. The van der Waals surface area contributed by atoms with Crippen molar-refractivity contribution in [1.29, 1.82) is 0 Å². The van der Waals surface area contributed by atoms with E-state index in [9.17, 15) is 32.5 Å². The third-order valence-corrected chi connectivity index (χ3v) is 7.68. The molecule has 248 valence electrons. The van der Waals surface area contributed by atoms with Crippen LogP contribution in [0.5, 0.6) is 5.75 Å². The second-order valence-corrected chi connectivity index (χ2v) is 12.3. The zero-order valence-electron chi connectivity index (χ0n) is 24.7. The Morgan fingerprint density at radius 3 is 2.67 bits per heavy atom. The lowest BCUT2D eigenvalue weighted by atomic mass is 9.84. The lowest BCUT2D eigenvalue weighted by Crippen LogP contribution is -2.76. The minimum Gasteiger partial charge on any atom is -0.724 e. The molecule has 2 amide bonds. The molecule has 2 atom stereocenters. The summed E-state index contributed by atoms with van der Waals surface area (Å²) in [5.41, 5.74) is 10.8. The summed E-state index contributed by atoms with van der Waals surface area (Å²) in [7, 11) is -3.49. The number of amides is 2. The molecule has 4 heterocycles. The number of carboxylic acids is 1. The van der Waals surface area contributed by atoms with E-state index >= 15 is 0 Å². The number of oxime groups is 1. The number of pyridine rings is 1. The van der Waals surface area contributed by atoms with Crippen LogP contribution in [0, 0.1) is 0 Å². The fraction of sp³-hybridized carbons (Fsp3) is 0.400. The molecule has 0 spiro atoms. The van der Waals surface area contributed by atoms with Crippen molar-refractivity contribution in [3.8, 4) is 17.0 Å². The molecule has 21 heteroatoms. The van der Waals surface area contributed by atoms with Gasteiger partial charge in [-0.15, -0.1) is 11.3 Å². The predicted molar refractivity (Wildman–Crippen MR) is 157 cm³/mol. The largest absolute Gasteiger partial charge is 0.724 e. The normalized spacial score (nSPS) is 16.9. The number of rotatable bonds is 15. The fourth-order valence-corrected chi connectivity index (χ4v) is 5.29. The van der Waals surface area contributed by atoms with Crippen molar-refractivity contribution in [1.82, 2.24) is 25.1 Å². The van der Waals surface area contributed by atoms with Gasteiger partial charge in [-0.3, -0.25) is 14.3 Å². The van der Waals surface area contributed by atoms with Crippen LogP contribution in [0.3, 0.4) is 0 Å². The maximum Gasteiger partial charge on any atom is 0.351 e.